The second-order valence-corrected chi connectivity index (χ2v) is 7.24. The number of rotatable bonds is 8. The van der Waals surface area contributed by atoms with Gasteiger partial charge in [0.2, 0.25) is 0 Å². The van der Waals surface area contributed by atoms with Crippen LogP contribution in [-0.4, -0.2) is 35.7 Å². The predicted molar refractivity (Wildman–Crippen MR) is 124 cm³/mol. The standard InChI is InChI=1S/C23H19ClN4O5/c24-20-11-10-18(28(32)33)14-19(20)23(31)27-17-8-6-16(7-9-17)22(30)26-13-12-25-21(29)15-4-2-1-3-5-15/h1-11,14H,12-13H2,(H,25,29)(H,26,30)(H,27,31). The molecule has 10 heteroatoms. The molecular weight excluding hydrogens is 448 g/mol. The van der Waals surface area contributed by atoms with E-state index < -0.39 is 10.8 Å². The molecule has 0 bridgehead atoms. The van der Waals surface area contributed by atoms with Crippen LogP contribution in [-0.2, 0) is 0 Å². The van der Waals surface area contributed by atoms with Crippen molar-refractivity contribution in [3.8, 4) is 0 Å². The Kier molecular flexibility index (Phi) is 7.72. The van der Waals surface area contributed by atoms with Gasteiger partial charge in [0.1, 0.15) is 0 Å². The number of amides is 3. The van der Waals surface area contributed by atoms with E-state index in [0.717, 1.165) is 6.07 Å². The number of nitro groups is 1. The van der Waals surface area contributed by atoms with Crippen LogP contribution in [0.3, 0.4) is 0 Å². The number of carbonyl (C=O) groups is 3. The number of nitrogens with zero attached hydrogens (tertiary/aromatic N) is 1. The molecular formula is C23H19ClN4O5. The van der Waals surface area contributed by atoms with Gasteiger partial charge in [0.05, 0.1) is 15.5 Å². The first-order valence-corrected chi connectivity index (χ1v) is 10.2. The number of hydrogen-bond donors (Lipinski definition) is 3. The first-order chi connectivity index (χ1) is 15.8. The smallest absolute Gasteiger partial charge is 0.270 e. The Labute approximate surface area is 193 Å². The molecule has 0 atom stereocenters. The van der Waals surface area contributed by atoms with Gasteiger partial charge >= 0.3 is 0 Å². The summed E-state index contributed by atoms with van der Waals surface area (Å²) in [4.78, 5) is 47.0. The van der Waals surface area contributed by atoms with Gasteiger partial charge in [0, 0.05) is 42.0 Å². The largest absolute Gasteiger partial charge is 0.350 e. The highest BCUT2D eigenvalue weighted by Gasteiger charge is 2.16. The number of hydrogen-bond acceptors (Lipinski definition) is 5. The summed E-state index contributed by atoms with van der Waals surface area (Å²) in [5.41, 5.74) is 0.986. The maximum Gasteiger partial charge on any atom is 0.270 e. The van der Waals surface area contributed by atoms with Gasteiger partial charge in [0.15, 0.2) is 0 Å². The molecule has 0 fully saturated rings. The van der Waals surface area contributed by atoms with Gasteiger partial charge in [0.25, 0.3) is 23.4 Å². The fourth-order valence-electron chi connectivity index (χ4n) is 2.85. The lowest BCUT2D eigenvalue weighted by Crippen LogP contribution is -2.34. The molecule has 0 radical (unpaired) electrons. The molecule has 3 aromatic carbocycles. The van der Waals surface area contributed by atoms with Gasteiger partial charge in [-0.3, -0.25) is 24.5 Å². The van der Waals surface area contributed by atoms with Crippen molar-refractivity contribution in [2.24, 2.45) is 0 Å². The van der Waals surface area contributed by atoms with Gasteiger partial charge in [-0.15, -0.1) is 0 Å². The second-order valence-electron chi connectivity index (χ2n) is 6.83. The summed E-state index contributed by atoms with van der Waals surface area (Å²) in [6.45, 7) is 0.499. The van der Waals surface area contributed by atoms with Crippen molar-refractivity contribution in [3.05, 3.63) is 105 Å². The number of benzene rings is 3. The van der Waals surface area contributed by atoms with Crippen molar-refractivity contribution in [1.29, 1.82) is 0 Å². The maximum absolute atomic E-state index is 12.4. The van der Waals surface area contributed by atoms with Crippen LogP contribution in [0.4, 0.5) is 11.4 Å². The summed E-state index contributed by atoms with van der Waals surface area (Å²) < 4.78 is 0. The Morgan fingerprint density at radius 2 is 1.36 bits per heavy atom. The maximum atomic E-state index is 12.4. The van der Waals surface area contributed by atoms with Crippen molar-refractivity contribution >= 4 is 40.7 Å². The zero-order chi connectivity index (χ0) is 23.8. The number of halogens is 1. The van der Waals surface area contributed by atoms with E-state index in [1.807, 2.05) is 6.07 Å². The van der Waals surface area contributed by atoms with E-state index in [-0.39, 0.29) is 41.2 Å². The Bertz CT molecular complexity index is 1180. The quantitative estimate of drug-likeness (QED) is 0.265. The molecule has 0 saturated carbocycles. The predicted octanol–water partition coefficient (Wildman–Crippen LogP) is 3.66. The Morgan fingerprint density at radius 3 is 1.94 bits per heavy atom. The van der Waals surface area contributed by atoms with Gasteiger partial charge < -0.3 is 16.0 Å². The molecule has 0 unspecified atom stereocenters. The lowest BCUT2D eigenvalue weighted by Gasteiger charge is -2.09. The molecule has 0 aromatic heterocycles. The van der Waals surface area contributed by atoms with Crippen LogP contribution in [0.1, 0.15) is 31.1 Å². The highest BCUT2D eigenvalue weighted by atomic mass is 35.5. The average molecular weight is 467 g/mol. The fourth-order valence-corrected chi connectivity index (χ4v) is 3.05. The van der Waals surface area contributed by atoms with Gasteiger partial charge in [-0.1, -0.05) is 29.8 Å². The van der Waals surface area contributed by atoms with Crippen molar-refractivity contribution in [2.45, 2.75) is 0 Å². The lowest BCUT2D eigenvalue weighted by molar-refractivity contribution is -0.384. The zero-order valence-corrected chi connectivity index (χ0v) is 18.0. The molecule has 0 aliphatic heterocycles. The van der Waals surface area contributed by atoms with Crippen LogP contribution >= 0.6 is 11.6 Å². The monoisotopic (exact) mass is 466 g/mol. The summed E-state index contributed by atoms with van der Waals surface area (Å²) >= 11 is 5.98. The van der Waals surface area contributed by atoms with E-state index in [4.69, 9.17) is 11.6 Å². The molecule has 3 rings (SSSR count). The molecule has 9 nitrogen and oxygen atoms in total. The van der Waals surface area contributed by atoms with E-state index in [2.05, 4.69) is 16.0 Å². The number of nitro benzene ring substituents is 1. The minimum absolute atomic E-state index is 0.0368. The first kappa shape index (κ1) is 23.4. The molecule has 0 aliphatic carbocycles. The van der Waals surface area contributed by atoms with Crippen molar-refractivity contribution in [3.63, 3.8) is 0 Å². The van der Waals surface area contributed by atoms with E-state index in [1.54, 1.807) is 24.3 Å². The van der Waals surface area contributed by atoms with E-state index in [1.165, 1.54) is 36.4 Å². The lowest BCUT2D eigenvalue weighted by atomic mass is 10.1. The van der Waals surface area contributed by atoms with Crippen LogP contribution in [0.15, 0.2) is 72.8 Å². The molecule has 0 spiro atoms. The number of nitrogens with one attached hydrogen (secondary N) is 3. The van der Waals surface area contributed by atoms with Crippen LogP contribution in [0.25, 0.3) is 0 Å². The number of anilines is 1. The Morgan fingerprint density at radius 1 is 0.788 bits per heavy atom. The summed E-state index contributed by atoms with van der Waals surface area (Å²) in [5, 5.41) is 19.0. The van der Waals surface area contributed by atoms with Crippen LogP contribution in [0, 0.1) is 10.1 Å². The summed E-state index contributed by atoms with van der Waals surface area (Å²) in [5.74, 6) is -1.19. The van der Waals surface area contributed by atoms with Crippen LogP contribution in [0.2, 0.25) is 5.02 Å². The molecule has 33 heavy (non-hydrogen) atoms. The van der Waals surface area contributed by atoms with Crippen molar-refractivity contribution in [2.75, 3.05) is 18.4 Å². The summed E-state index contributed by atoms with van der Waals surface area (Å²) in [6, 6.07) is 18.4. The highest BCUT2D eigenvalue weighted by molar-refractivity contribution is 6.34. The topological polar surface area (TPSA) is 130 Å². The number of non-ortho nitro benzene ring substituents is 1. The minimum Gasteiger partial charge on any atom is -0.350 e. The SMILES string of the molecule is O=C(NCCNC(=O)c1ccc(NC(=O)c2cc([N+](=O)[O-])ccc2Cl)cc1)c1ccccc1. The highest BCUT2D eigenvalue weighted by Crippen LogP contribution is 2.23. The summed E-state index contributed by atoms with van der Waals surface area (Å²) in [6.07, 6.45) is 0. The third-order valence-electron chi connectivity index (χ3n) is 4.54. The van der Waals surface area contributed by atoms with E-state index in [0.29, 0.717) is 16.8 Å². The Hall–Kier alpha value is -4.24. The van der Waals surface area contributed by atoms with Crippen molar-refractivity contribution < 1.29 is 19.3 Å². The molecule has 168 valence electrons. The van der Waals surface area contributed by atoms with Crippen molar-refractivity contribution in [1.82, 2.24) is 10.6 Å². The fraction of sp³-hybridized carbons (Fsp3) is 0.0870. The molecule has 0 heterocycles. The summed E-state index contributed by atoms with van der Waals surface area (Å²) in [7, 11) is 0. The normalized spacial score (nSPS) is 10.2. The average Bonchev–Trinajstić information content (AvgIpc) is 2.82. The third-order valence-corrected chi connectivity index (χ3v) is 4.87. The van der Waals surface area contributed by atoms with Crippen LogP contribution in [0.5, 0.6) is 0 Å². The number of carbonyl (C=O) groups excluding carboxylic acids is 3. The molecule has 0 saturated heterocycles. The van der Waals surface area contributed by atoms with Crippen LogP contribution < -0.4 is 16.0 Å². The Balaban J connectivity index is 1.51. The zero-order valence-electron chi connectivity index (χ0n) is 17.2. The third kappa shape index (κ3) is 6.37. The molecule has 3 N–H and O–H groups in total. The second kappa shape index (κ2) is 10.9. The minimum atomic E-state index is -0.617. The molecule has 3 amide bonds. The van der Waals surface area contributed by atoms with E-state index in [9.17, 15) is 24.5 Å². The van der Waals surface area contributed by atoms with Gasteiger partial charge in [-0.05, 0) is 42.5 Å². The molecule has 0 aliphatic rings. The van der Waals surface area contributed by atoms with Gasteiger partial charge in [-0.25, -0.2) is 0 Å². The van der Waals surface area contributed by atoms with Gasteiger partial charge in [-0.2, -0.15) is 0 Å². The van der Waals surface area contributed by atoms with E-state index >= 15 is 0 Å². The first-order valence-electron chi connectivity index (χ1n) is 9.82. The molecule has 3 aromatic rings.